The summed E-state index contributed by atoms with van der Waals surface area (Å²) in [5.41, 5.74) is 1.81. The van der Waals surface area contributed by atoms with Gasteiger partial charge in [0.2, 0.25) is 0 Å². The lowest BCUT2D eigenvalue weighted by Crippen LogP contribution is -2.01. The van der Waals surface area contributed by atoms with Crippen molar-refractivity contribution in [2.24, 2.45) is 0 Å². The van der Waals surface area contributed by atoms with Gasteiger partial charge in [0, 0.05) is 6.07 Å². The normalized spacial score (nSPS) is 10.1. The zero-order valence-electron chi connectivity index (χ0n) is 14.8. The number of hydrogen-bond donors (Lipinski definition) is 0. The molecule has 0 saturated carbocycles. The fraction of sp³-hybridized carbons (Fsp3) is 0.0909. The fourth-order valence-corrected chi connectivity index (χ4v) is 2.48. The van der Waals surface area contributed by atoms with Crippen molar-refractivity contribution >= 4 is 12.3 Å². The number of esters is 1. The molecule has 5 heteroatoms. The lowest BCUT2D eigenvalue weighted by Gasteiger charge is -2.12. The van der Waals surface area contributed by atoms with Crippen LogP contribution in [0.5, 0.6) is 17.2 Å². The maximum atomic E-state index is 11.6. The van der Waals surface area contributed by atoms with Crippen LogP contribution in [0.15, 0.2) is 72.8 Å². The number of hydrogen-bond acceptors (Lipinski definition) is 5. The number of rotatable bonds is 7. The van der Waals surface area contributed by atoms with E-state index in [2.05, 4.69) is 0 Å². The Morgan fingerprint density at radius 2 is 1.70 bits per heavy atom. The number of aldehydes is 1. The predicted octanol–water partition coefficient (Wildman–Crippen LogP) is 4.66. The van der Waals surface area contributed by atoms with Gasteiger partial charge in [-0.3, -0.25) is 4.79 Å². The van der Waals surface area contributed by atoms with Crippen LogP contribution in [0.2, 0.25) is 0 Å². The van der Waals surface area contributed by atoms with Crippen molar-refractivity contribution in [1.82, 2.24) is 0 Å². The molecule has 0 radical (unpaired) electrons. The Kier molecular flexibility index (Phi) is 5.84. The maximum Gasteiger partial charge on any atom is 0.337 e. The van der Waals surface area contributed by atoms with Crippen molar-refractivity contribution in [1.29, 1.82) is 0 Å². The molecular formula is C22H18O5. The van der Waals surface area contributed by atoms with E-state index in [4.69, 9.17) is 14.2 Å². The van der Waals surface area contributed by atoms with Crippen LogP contribution in [0.4, 0.5) is 0 Å². The van der Waals surface area contributed by atoms with Crippen molar-refractivity contribution in [3.8, 4) is 17.2 Å². The van der Waals surface area contributed by atoms with Crippen LogP contribution in [0.1, 0.15) is 26.3 Å². The van der Waals surface area contributed by atoms with Crippen molar-refractivity contribution in [2.75, 3.05) is 7.11 Å². The van der Waals surface area contributed by atoms with Gasteiger partial charge in [-0.25, -0.2) is 4.79 Å². The van der Waals surface area contributed by atoms with Gasteiger partial charge in [-0.05, 0) is 35.9 Å². The third kappa shape index (κ3) is 4.73. The van der Waals surface area contributed by atoms with Crippen molar-refractivity contribution in [3.63, 3.8) is 0 Å². The molecule has 0 bridgehead atoms. The van der Waals surface area contributed by atoms with Gasteiger partial charge >= 0.3 is 5.97 Å². The molecule has 0 spiro atoms. The van der Waals surface area contributed by atoms with Gasteiger partial charge in [0.1, 0.15) is 23.9 Å². The van der Waals surface area contributed by atoms with E-state index < -0.39 is 5.97 Å². The third-order valence-corrected chi connectivity index (χ3v) is 3.84. The quantitative estimate of drug-likeness (QED) is 0.452. The molecule has 3 aromatic rings. The smallest absolute Gasteiger partial charge is 0.337 e. The average Bonchev–Trinajstić information content (AvgIpc) is 2.72. The van der Waals surface area contributed by atoms with E-state index in [1.54, 1.807) is 42.5 Å². The molecule has 0 saturated heterocycles. The van der Waals surface area contributed by atoms with Crippen molar-refractivity contribution < 1.29 is 23.8 Å². The number of carbonyl (C=O) groups is 2. The summed E-state index contributed by atoms with van der Waals surface area (Å²) in [6, 6.07) is 21.3. The summed E-state index contributed by atoms with van der Waals surface area (Å²) < 4.78 is 16.3. The van der Waals surface area contributed by atoms with Crippen molar-refractivity contribution in [2.45, 2.75) is 6.61 Å². The molecule has 0 aliphatic carbocycles. The summed E-state index contributed by atoms with van der Waals surface area (Å²) in [6.07, 6.45) is 0.738. The van der Waals surface area contributed by atoms with Gasteiger partial charge in [-0.1, -0.05) is 36.4 Å². The van der Waals surface area contributed by atoms with Gasteiger partial charge in [0.15, 0.2) is 6.29 Å². The Morgan fingerprint density at radius 1 is 0.926 bits per heavy atom. The molecule has 0 amide bonds. The molecule has 0 aliphatic rings. The molecular weight excluding hydrogens is 344 g/mol. The molecule has 0 aromatic heterocycles. The minimum Gasteiger partial charge on any atom is -0.488 e. The first-order chi connectivity index (χ1) is 13.2. The lowest BCUT2D eigenvalue weighted by molar-refractivity contribution is 0.0600. The first-order valence-corrected chi connectivity index (χ1v) is 8.32. The monoisotopic (exact) mass is 362 g/mol. The standard InChI is InChI=1S/C22H18O5/c1-25-22(24)17-8-5-9-19(12-17)27-20-11-10-18(14-23)21(13-20)26-15-16-6-3-2-4-7-16/h2-14H,15H2,1H3. The maximum absolute atomic E-state index is 11.6. The Morgan fingerprint density at radius 3 is 2.44 bits per heavy atom. The van der Waals surface area contributed by atoms with Gasteiger partial charge in [0.25, 0.3) is 0 Å². The largest absolute Gasteiger partial charge is 0.488 e. The molecule has 0 atom stereocenters. The van der Waals surface area contributed by atoms with E-state index in [1.807, 2.05) is 30.3 Å². The van der Waals surface area contributed by atoms with Gasteiger partial charge in [-0.15, -0.1) is 0 Å². The molecule has 136 valence electrons. The van der Waals surface area contributed by atoms with E-state index in [0.717, 1.165) is 11.8 Å². The fourth-order valence-electron chi connectivity index (χ4n) is 2.48. The highest BCUT2D eigenvalue weighted by Gasteiger charge is 2.09. The number of ether oxygens (including phenoxy) is 3. The second-order valence-electron chi connectivity index (χ2n) is 5.71. The topological polar surface area (TPSA) is 61.8 Å². The zero-order chi connectivity index (χ0) is 19.1. The molecule has 0 heterocycles. The van der Waals surface area contributed by atoms with Crippen LogP contribution in [0, 0.1) is 0 Å². The van der Waals surface area contributed by atoms with Crippen LogP contribution in [0.3, 0.4) is 0 Å². The Hall–Kier alpha value is -3.60. The van der Waals surface area contributed by atoms with E-state index in [0.29, 0.717) is 35.0 Å². The minimum absolute atomic E-state index is 0.336. The van der Waals surface area contributed by atoms with Gasteiger partial charge in [0.05, 0.1) is 18.2 Å². The molecule has 3 aromatic carbocycles. The first kappa shape index (κ1) is 18.2. The molecule has 3 rings (SSSR count). The molecule has 27 heavy (non-hydrogen) atoms. The number of benzene rings is 3. The summed E-state index contributed by atoms with van der Waals surface area (Å²) >= 11 is 0. The first-order valence-electron chi connectivity index (χ1n) is 8.32. The minimum atomic E-state index is -0.441. The average molecular weight is 362 g/mol. The van der Waals surface area contributed by atoms with Crippen LogP contribution in [-0.2, 0) is 11.3 Å². The highest BCUT2D eigenvalue weighted by molar-refractivity contribution is 5.89. The lowest BCUT2D eigenvalue weighted by atomic mass is 10.2. The second kappa shape index (κ2) is 8.67. The predicted molar refractivity (Wildman–Crippen MR) is 100 cm³/mol. The summed E-state index contributed by atoms with van der Waals surface area (Å²) in [5, 5.41) is 0. The van der Waals surface area contributed by atoms with E-state index in [9.17, 15) is 9.59 Å². The summed E-state index contributed by atoms with van der Waals surface area (Å²) in [5.74, 6) is 0.954. The number of carbonyl (C=O) groups excluding carboxylic acids is 2. The van der Waals surface area contributed by atoms with Crippen LogP contribution >= 0.6 is 0 Å². The number of methoxy groups -OCH3 is 1. The van der Waals surface area contributed by atoms with E-state index in [-0.39, 0.29) is 0 Å². The Bertz CT molecular complexity index is 934. The van der Waals surface area contributed by atoms with E-state index in [1.165, 1.54) is 7.11 Å². The zero-order valence-corrected chi connectivity index (χ0v) is 14.8. The second-order valence-corrected chi connectivity index (χ2v) is 5.71. The van der Waals surface area contributed by atoms with Crippen LogP contribution in [0.25, 0.3) is 0 Å². The Balaban J connectivity index is 1.78. The SMILES string of the molecule is COC(=O)c1cccc(Oc2ccc(C=O)c(OCc3ccccc3)c2)c1. The van der Waals surface area contributed by atoms with Crippen LogP contribution in [-0.4, -0.2) is 19.4 Å². The third-order valence-electron chi connectivity index (χ3n) is 3.84. The van der Waals surface area contributed by atoms with Gasteiger partial charge in [-0.2, -0.15) is 0 Å². The molecule has 0 N–H and O–H groups in total. The van der Waals surface area contributed by atoms with Gasteiger partial charge < -0.3 is 14.2 Å². The summed E-state index contributed by atoms with van der Waals surface area (Å²) in [4.78, 5) is 22.9. The molecule has 0 aliphatic heterocycles. The van der Waals surface area contributed by atoms with Crippen LogP contribution < -0.4 is 9.47 Å². The highest BCUT2D eigenvalue weighted by Crippen LogP contribution is 2.29. The molecule has 5 nitrogen and oxygen atoms in total. The van der Waals surface area contributed by atoms with Crippen molar-refractivity contribution in [3.05, 3.63) is 89.5 Å². The Labute approximate surface area is 157 Å². The molecule has 0 fully saturated rings. The summed E-state index contributed by atoms with van der Waals surface area (Å²) in [6.45, 7) is 0.336. The highest BCUT2D eigenvalue weighted by atomic mass is 16.5. The van der Waals surface area contributed by atoms with E-state index >= 15 is 0 Å². The molecule has 0 unspecified atom stereocenters. The summed E-state index contributed by atoms with van der Waals surface area (Å²) in [7, 11) is 1.32.